The van der Waals surface area contributed by atoms with Crippen LogP contribution in [0.25, 0.3) is 10.8 Å². The molecule has 0 aliphatic rings. The van der Waals surface area contributed by atoms with Crippen molar-refractivity contribution in [2.45, 2.75) is 0 Å². The van der Waals surface area contributed by atoms with E-state index in [-0.39, 0.29) is 17.2 Å². The van der Waals surface area contributed by atoms with Gasteiger partial charge in [-0.05, 0) is 35.0 Å². The second-order valence-electron chi connectivity index (χ2n) is 4.68. The van der Waals surface area contributed by atoms with E-state index in [1.807, 2.05) is 36.4 Å². The molecule has 0 spiro atoms. The third-order valence-electron chi connectivity index (χ3n) is 3.31. The van der Waals surface area contributed by atoms with Crippen molar-refractivity contribution in [1.82, 2.24) is 0 Å². The fourth-order valence-electron chi connectivity index (χ4n) is 2.29. The average Bonchev–Trinajstić information content (AvgIpc) is 2.54. The molecule has 5 nitrogen and oxygen atoms in total. The van der Waals surface area contributed by atoms with Gasteiger partial charge >= 0.3 is 5.69 Å². The Morgan fingerprint density at radius 3 is 2.36 bits per heavy atom. The first-order chi connectivity index (χ1) is 10.7. The van der Waals surface area contributed by atoms with Gasteiger partial charge in [0.25, 0.3) is 0 Å². The lowest BCUT2D eigenvalue weighted by molar-refractivity contribution is -0.386. The van der Waals surface area contributed by atoms with Gasteiger partial charge in [-0.3, -0.25) is 10.1 Å². The number of fused-ring (bicyclic) bond motifs is 1. The van der Waals surface area contributed by atoms with Crippen molar-refractivity contribution in [3.8, 4) is 17.2 Å². The maximum Gasteiger partial charge on any atom is 0.352 e. The summed E-state index contributed by atoms with van der Waals surface area (Å²) in [7, 11) is 1.39. The first kappa shape index (κ1) is 13.9. The third-order valence-corrected chi connectivity index (χ3v) is 3.31. The van der Waals surface area contributed by atoms with Crippen LogP contribution in [0.3, 0.4) is 0 Å². The van der Waals surface area contributed by atoms with Crippen molar-refractivity contribution >= 4 is 16.5 Å². The van der Waals surface area contributed by atoms with Crippen molar-refractivity contribution in [3.05, 3.63) is 70.8 Å². The first-order valence-corrected chi connectivity index (χ1v) is 6.67. The van der Waals surface area contributed by atoms with Crippen LogP contribution < -0.4 is 9.47 Å². The topological polar surface area (TPSA) is 61.6 Å². The second kappa shape index (κ2) is 5.73. The SMILES string of the molecule is COc1cccc(Oc2ccc3ccccc3c2)c1[N+](=O)[O-]. The normalized spacial score (nSPS) is 10.4. The van der Waals surface area contributed by atoms with E-state index in [0.717, 1.165) is 10.8 Å². The highest BCUT2D eigenvalue weighted by atomic mass is 16.6. The van der Waals surface area contributed by atoms with Gasteiger partial charge in [-0.25, -0.2) is 0 Å². The van der Waals surface area contributed by atoms with Crippen LogP contribution in [-0.4, -0.2) is 12.0 Å². The van der Waals surface area contributed by atoms with Gasteiger partial charge in [0.1, 0.15) is 5.75 Å². The lowest BCUT2D eigenvalue weighted by Crippen LogP contribution is -1.97. The summed E-state index contributed by atoms with van der Waals surface area (Å²) in [6, 6.07) is 18.1. The second-order valence-corrected chi connectivity index (χ2v) is 4.68. The largest absolute Gasteiger partial charge is 0.490 e. The predicted octanol–water partition coefficient (Wildman–Crippen LogP) is 4.55. The molecule has 0 bridgehead atoms. The molecule has 0 unspecified atom stereocenters. The van der Waals surface area contributed by atoms with Crippen molar-refractivity contribution in [2.24, 2.45) is 0 Å². The summed E-state index contributed by atoms with van der Waals surface area (Å²) in [4.78, 5) is 10.7. The molecular formula is C17H13NO4. The Bertz CT molecular complexity index is 845. The third kappa shape index (κ3) is 2.56. The number of nitro benzene ring substituents is 1. The molecule has 0 N–H and O–H groups in total. The highest BCUT2D eigenvalue weighted by molar-refractivity contribution is 5.83. The quantitative estimate of drug-likeness (QED) is 0.523. The fourth-order valence-corrected chi connectivity index (χ4v) is 2.29. The number of ether oxygens (including phenoxy) is 2. The molecule has 0 heterocycles. The van der Waals surface area contributed by atoms with Gasteiger partial charge in [0, 0.05) is 0 Å². The number of benzene rings is 3. The molecule has 0 saturated carbocycles. The molecule has 22 heavy (non-hydrogen) atoms. The first-order valence-electron chi connectivity index (χ1n) is 6.67. The highest BCUT2D eigenvalue weighted by Gasteiger charge is 2.22. The van der Waals surface area contributed by atoms with Gasteiger partial charge in [-0.1, -0.05) is 36.4 Å². The van der Waals surface area contributed by atoms with E-state index in [1.54, 1.807) is 18.2 Å². The summed E-state index contributed by atoms with van der Waals surface area (Å²) >= 11 is 0. The van der Waals surface area contributed by atoms with E-state index < -0.39 is 4.92 Å². The van der Waals surface area contributed by atoms with Crippen LogP contribution in [0, 0.1) is 10.1 Å². The lowest BCUT2D eigenvalue weighted by atomic mass is 10.1. The van der Waals surface area contributed by atoms with E-state index >= 15 is 0 Å². The van der Waals surface area contributed by atoms with Gasteiger partial charge in [-0.15, -0.1) is 0 Å². The minimum atomic E-state index is -0.505. The van der Waals surface area contributed by atoms with Crippen molar-refractivity contribution in [3.63, 3.8) is 0 Å². The Morgan fingerprint density at radius 1 is 0.909 bits per heavy atom. The zero-order chi connectivity index (χ0) is 15.5. The molecule has 0 amide bonds. The van der Waals surface area contributed by atoms with Crippen LogP contribution in [0.2, 0.25) is 0 Å². The molecule has 5 heteroatoms. The number of methoxy groups -OCH3 is 1. The van der Waals surface area contributed by atoms with Gasteiger partial charge < -0.3 is 9.47 Å². The molecule has 0 fully saturated rings. The minimum absolute atomic E-state index is 0.152. The average molecular weight is 295 g/mol. The predicted molar refractivity (Wildman–Crippen MR) is 83.7 cm³/mol. The molecule has 0 saturated heterocycles. The van der Waals surface area contributed by atoms with Gasteiger partial charge in [-0.2, -0.15) is 0 Å². The molecule has 3 aromatic rings. The smallest absolute Gasteiger partial charge is 0.352 e. The summed E-state index contributed by atoms with van der Waals surface area (Å²) in [6.07, 6.45) is 0. The molecule has 0 aliphatic heterocycles. The van der Waals surface area contributed by atoms with Crippen LogP contribution in [0.15, 0.2) is 60.7 Å². The molecule has 0 aliphatic carbocycles. The van der Waals surface area contributed by atoms with Crippen LogP contribution in [0.1, 0.15) is 0 Å². The van der Waals surface area contributed by atoms with Crippen molar-refractivity contribution < 1.29 is 14.4 Å². The maximum absolute atomic E-state index is 11.2. The van der Waals surface area contributed by atoms with E-state index in [0.29, 0.717) is 5.75 Å². The van der Waals surface area contributed by atoms with Gasteiger partial charge in [0.15, 0.2) is 0 Å². The number of hydrogen-bond acceptors (Lipinski definition) is 4. The zero-order valence-corrected chi connectivity index (χ0v) is 11.9. The molecular weight excluding hydrogens is 282 g/mol. The van der Waals surface area contributed by atoms with E-state index in [1.165, 1.54) is 13.2 Å². The Labute approximate surface area is 126 Å². The lowest BCUT2D eigenvalue weighted by Gasteiger charge is -2.09. The highest BCUT2D eigenvalue weighted by Crippen LogP contribution is 2.39. The molecule has 0 aromatic heterocycles. The van der Waals surface area contributed by atoms with E-state index in [2.05, 4.69) is 0 Å². The van der Waals surface area contributed by atoms with Gasteiger partial charge in [0.2, 0.25) is 11.5 Å². The fraction of sp³-hybridized carbons (Fsp3) is 0.0588. The van der Waals surface area contributed by atoms with Crippen molar-refractivity contribution in [2.75, 3.05) is 7.11 Å². The molecule has 0 radical (unpaired) electrons. The number of nitrogens with zero attached hydrogens (tertiary/aromatic N) is 1. The summed E-state index contributed by atoms with van der Waals surface area (Å²) < 4.78 is 10.7. The number of nitro groups is 1. The Balaban J connectivity index is 2.03. The van der Waals surface area contributed by atoms with Gasteiger partial charge in [0.05, 0.1) is 12.0 Å². The molecule has 3 rings (SSSR count). The van der Waals surface area contributed by atoms with Crippen LogP contribution in [-0.2, 0) is 0 Å². The monoisotopic (exact) mass is 295 g/mol. The number of para-hydroxylation sites is 1. The minimum Gasteiger partial charge on any atom is -0.490 e. The Kier molecular flexibility index (Phi) is 3.62. The number of hydrogen-bond donors (Lipinski definition) is 0. The Morgan fingerprint density at radius 2 is 1.64 bits per heavy atom. The van der Waals surface area contributed by atoms with Crippen LogP contribution in [0.5, 0.6) is 17.2 Å². The Hall–Kier alpha value is -3.08. The maximum atomic E-state index is 11.2. The summed E-state index contributed by atoms with van der Waals surface area (Å²) in [5.41, 5.74) is -0.182. The zero-order valence-electron chi connectivity index (χ0n) is 11.9. The molecule has 0 atom stereocenters. The molecule has 110 valence electrons. The summed E-state index contributed by atoms with van der Waals surface area (Å²) in [6.45, 7) is 0. The van der Waals surface area contributed by atoms with E-state index in [4.69, 9.17) is 9.47 Å². The summed E-state index contributed by atoms with van der Waals surface area (Å²) in [5, 5.41) is 13.3. The van der Waals surface area contributed by atoms with Crippen molar-refractivity contribution in [1.29, 1.82) is 0 Å². The van der Waals surface area contributed by atoms with Crippen LogP contribution in [0.4, 0.5) is 5.69 Å². The van der Waals surface area contributed by atoms with Crippen LogP contribution >= 0.6 is 0 Å². The number of rotatable bonds is 4. The van der Waals surface area contributed by atoms with E-state index in [9.17, 15) is 10.1 Å². The molecule has 3 aromatic carbocycles. The summed E-state index contributed by atoms with van der Waals surface area (Å²) in [5.74, 6) is 0.859. The standard InChI is InChI=1S/C17H13NO4/c1-21-15-7-4-8-16(17(15)18(19)20)22-14-10-9-12-5-2-3-6-13(12)11-14/h2-11H,1H3.